The van der Waals surface area contributed by atoms with Crippen molar-refractivity contribution in [2.75, 3.05) is 0 Å². The molecule has 0 fully saturated rings. The van der Waals surface area contributed by atoms with Crippen molar-refractivity contribution < 1.29 is 10.1 Å². The molecule has 0 heterocycles. The van der Waals surface area contributed by atoms with E-state index >= 15 is 0 Å². The van der Waals surface area contributed by atoms with Gasteiger partial charge in [-0.2, -0.15) is 0 Å². The fourth-order valence-corrected chi connectivity index (χ4v) is 0. The van der Waals surface area contributed by atoms with Crippen LogP contribution in [0.3, 0.4) is 0 Å². The van der Waals surface area contributed by atoms with E-state index in [-0.39, 0.29) is 60.6 Å². The molecule has 0 radical (unpaired) electrons. The predicted octanol–water partition coefficient (Wildman–Crippen LogP) is -1.44. The normalized spacial score (nSPS) is 1.20. The second kappa shape index (κ2) is 37.5. The molecule has 0 saturated heterocycles. The van der Waals surface area contributed by atoms with Gasteiger partial charge in [-0.3, -0.25) is 0 Å². The number of rotatable bonds is 0. The van der Waals surface area contributed by atoms with Gasteiger partial charge in [0.1, 0.15) is 0 Å². The molecule has 0 aromatic rings. The van der Waals surface area contributed by atoms with Crippen LogP contribution < -0.4 is 4.66 Å². The first-order valence-electron chi connectivity index (χ1n) is 0.154. The molecule has 22 valence electrons. The molecule has 2 nitrogen and oxygen atoms in total. The maximum atomic E-state index is 7.72. The van der Waals surface area contributed by atoms with Crippen LogP contribution in [0.4, 0.5) is 0 Å². The van der Waals surface area contributed by atoms with E-state index in [1.165, 1.54) is 0 Å². The van der Waals surface area contributed by atoms with Gasteiger partial charge in [-0.1, -0.05) is 0 Å². The van der Waals surface area contributed by atoms with Gasteiger partial charge < -0.3 is 10.1 Å². The molecule has 0 atom stereocenters. The van der Waals surface area contributed by atoms with Crippen LogP contribution in [-0.4, -0.2) is 60.6 Å². The van der Waals surface area contributed by atoms with Crippen molar-refractivity contribution in [3.63, 3.8) is 0 Å². The van der Waals surface area contributed by atoms with Gasteiger partial charge in [0.2, 0.25) is 0 Å². The third kappa shape index (κ3) is 24.0. The SMILES string of the molecule is [Al+3].[Ca+2].[O-]Cl.[OH-]. The molecule has 0 aliphatic rings. The molecule has 0 spiro atoms. The summed E-state index contributed by atoms with van der Waals surface area (Å²) in [5.74, 6) is 0. The van der Waals surface area contributed by atoms with Crippen molar-refractivity contribution in [2.45, 2.75) is 0 Å². The van der Waals surface area contributed by atoms with Crippen LogP contribution in [0.25, 0.3) is 0 Å². The van der Waals surface area contributed by atoms with E-state index in [2.05, 4.69) is 11.9 Å². The van der Waals surface area contributed by atoms with Gasteiger partial charge in [0.05, 0.1) is 0 Å². The van der Waals surface area contributed by atoms with E-state index in [4.69, 9.17) is 4.66 Å². The number of hydrogen-bond donors (Lipinski definition) is 0. The molecule has 0 aliphatic carbocycles. The molecule has 0 aromatic carbocycles. The fraction of sp³-hybridized carbons (Fsp3) is 0. The summed E-state index contributed by atoms with van der Waals surface area (Å²) in [6.07, 6.45) is 0. The maximum absolute atomic E-state index is 7.72. The third-order valence-electron chi connectivity index (χ3n) is 0. The van der Waals surface area contributed by atoms with Crippen LogP contribution in [-0.2, 0) is 0 Å². The van der Waals surface area contributed by atoms with Gasteiger partial charge in [0.25, 0.3) is 0 Å². The molecule has 5 heavy (non-hydrogen) atoms. The fourth-order valence-electron chi connectivity index (χ4n) is 0. The molecule has 0 aliphatic heterocycles. The Bertz CT molecular complexity index is 9.61. The van der Waals surface area contributed by atoms with Crippen LogP contribution in [0, 0.1) is 0 Å². The minimum absolute atomic E-state index is 0. The smallest absolute Gasteiger partial charge is 0.870 e. The van der Waals surface area contributed by atoms with Gasteiger partial charge in [-0.15, -0.1) is 0 Å². The van der Waals surface area contributed by atoms with E-state index in [0.29, 0.717) is 0 Å². The van der Waals surface area contributed by atoms with Crippen molar-refractivity contribution in [1.29, 1.82) is 0 Å². The summed E-state index contributed by atoms with van der Waals surface area (Å²) in [5.41, 5.74) is 0. The number of hydrogen-bond acceptors (Lipinski definition) is 2. The minimum Gasteiger partial charge on any atom is -0.870 e. The van der Waals surface area contributed by atoms with Gasteiger partial charge in [0, 0.05) is 0 Å². The molecule has 0 unspecified atom stereocenters. The Hall–Kier alpha value is 2.00. The van der Waals surface area contributed by atoms with Crippen molar-refractivity contribution in [2.24, 2.45) is 0 Å². The Labute approximate surface area is 76.1 Å². The van der Waals surface area contributed by atoms with Crippen LogP contribution >= 0.6 is 11.9 Å². The van der Waals surface area contributed by atoms with Crippen LogP contribution in [0.5, 0.6) is 0 Å². The van der Waals surface area contributed by atoms with E-state index < -0.39 is 0 Å². The molecule has 0 amide bonds. The van der Waals surface area contributed by atoms with Crippen LogP contribution in [0.2, 0.25) is 0 Å². The summed E-state index contributed by atoms with van der Waals surface area (Å²) in [4.78, 5) is 0. The van der Waals surface area contributed by atoms with Gasteiger partial charge in [0.15, 0.2) is 0 Å². The molecular formula is HAlCaClO2+3. The Morgan fingerprint density at radius 2 is 1.20 bits per heavy atom. The third-order valence-corrected chi connectivity index (χ3v) is 0. The van der Waals surface area contributed by atoms with Gasteiger partial charge >= 0.3 is 55.1 Å². The summed E-state index contributed by atoms with van der Waals surface area (Å²) in [6.45, 7) is 0. The molecule has 5 heteroatoms. The van der Waals surface area contributed by atoms with Crippen molar-refractivity contribution in [3.05, 3.63) is 0 Å². The van der Waals surface area contributed by atoms with E-state index in [0.717, 1.165) is 0 Å². The molecule has 0 bridgehead atoms. The van der Waals surface area contributed by atoms with Crippen molar-refractivity contribution in [3.8, 4) is 0 Å². The first-order valence-corrected chi connectivity index (χ1v) is 0.463. The minimum atomic E-state index is 0. The van der Waals surface area contributed by atoms with Crippen molar-refractivity contribution >= 4 is 67.0 Å². The monoisotopic (exact) mass is 135 g/mol. The summed E-state index contributed by atoms with van der Waals surface area (Å²) in [5, 5.41) is 0. The average molecular weight is 136 g/mol. The summed E-state index contributed by atoms with van der Waals surface area (Å²) in [7, 11) is 0. The van der Waals surface area contributed by atoms with Crippen LogP contribution in [0.1, 0.15) is 0 Å². The average Bonchev–Trinajstić information content (AvgIpc) is 1.00. The standard InChI is InChI=1S/Al.Ca.ClO.H2O/c;;1-2;/h;;;1H2/q+3;+2;-1;/p-1. The molecular weight excluding hydrogens is 135 g/mol. The Balaban J connectivity index is -0.00000000167. The summed E-state index contributed by atoms with van der Waals surface area (Å²) >= 11 is 3.39. The Morgan fingerprint density at radius 3 is 1.20 bits per heavy atom. The molecule has 0 saturated carbocycles. The van der Waals surface area contributed by atoms with Gasteiger partial charge in [-0.05, 0) is 0 Å². The molecule has 0 aromatic heterocycles. The number of halogens is 1. The van der Waals surface area contributed by atoms with Crippen molar-refractivity contribution in [1.82, 2.24) is 0 Å². The second-order valence-corrected chi connectivity index (χ2v) is 0. The maximum Gasteiger partial charge on any atom is 3.00 e. The second-order valence-electron chi connectivity index (χ2n) is 0. The Morgan fingerprint density at radius 1 is 1.20 bits per heavy atom. The van der Waals surface area contributed by atoms with Gasteiger partial charge in [-0.25, -0.2) is 11.9 Å². The zero-order chi connectivity index (χ0) is 2.00. The Kier molecular flexibility index (Phi) is 210. The zero-order valence-corrected chi connectivity index (χ0v) is 6.64. The van der Waals surface area contributed by atoms with E-state index in [1.807, 2.05) is 0 Å². The first-order chi connectivity index (χ1) is 1.00. The largest absolute Gasteiger partial charge is 3.00 e. The van der Waals surface area contributed by atoms with E-state index in [1.54, 1.807) is 0 Å². The molecule has 0 rings (SSSR count). The summed E-state index contributed by atoms with van der Waals surface area (Å²) < 4.78 is 7.72. The van der Waals surface area contributed by atoms with Crippen LogP contribution in [0.15, 0.2) is 0 Å². The zero-order valence-electron chi connectivity index (χ0n) is 2.52. The molecule has 1 N–H and O–H groups in total. The topological polar surface area (TPSA) is 53.1 Å². The van der Waals surface area contributed by atoms with E-state index in [9.17, 15) is 0 Å². The quantitative estimate of drug-likeness (QED) is 0.382. The first kappa shape index (κ1) is 28.0. The summed E-state index contributed by atoms with van der Waals surface area (Å²) in [6, 6.07) is 0. The predicted molar refractivity (Wildman–Crippen MR) is 19.3 cm³/mol.